The van der Waals surface area contributed by atoms with Gasteiger partial charge in [-0.1, -0.05) is 43.2 Å². The smallest absolute Gasteiger partial charge is 0.332 e. The average Bonchev–Trinajstić information content (AvgIpc) is 2.49. The molecular weight excluding hydrogens is 266 g/mol. The van der Waals surface area contributed by atoms with E-state index < -0.39 is 6.04 Å². The molecule has 1 heterocycles. The zero-order valence-corrected chi connectivity index (χ0v) is 12.5. The monoisotopic (exact) mass is 289 g/mol. The summed E-state index contributed by atoms with van der Waals surface area (Å²) in [7, 11) is 0. The average molecular weight is 289 g/mol. The molecule has 114 valence electrons. The fraction of sp³-hybridized carbons (Fsp3) is 0.529. The Morgan fingerprint density at radius 1 is 1.14 bits per heavy atom. The van der Waals surface area contributed by atoms with Crippen LogP contribution in [0, 0.1) is 0 Å². The molecule has 2 atom stereocenters. The fourth-order valence-corrected chi connectivity index (χ4v) is 2.48. The van der Waals surface area contributed by atoms with Crippen LogP contribution in [0.3, 0.4) is 0 Å². The van der Waals surface area contributed by atoms with Gasteiger partial charge in [-0.25, -0.2) is 4.79 Å². The summed E-state index contributed by atoms with van der Waals surface area (Å²) in [5.41, 5.74) is 1.37. The highest BCUT2D eigenvalue weighted by Crippen LogP contribution is 2.14. The van der Waals surface area contributed by atoms with E-state index in [1.807, 2.05) is 6.07 Å². The quantitative estimate of drug-likeness (QED) is 0.591. The SMILES string of the molecule is C[C@@H]1OC(=O)[C@H]1NC(=O)CCCCCCc1ccccc1. The van der Waals surface area contributed by atoms with Crippen LogP contribution in [-0.4, -0.2) is 24.0 Å². The van der Waals surface area contributed by atoms with Gasteiger partial charge in [0.1, 0.15) is 6.10 Å². The third-order valence-electron chi connectivity index (χ3n) is 3.80. The van der Waals surface area contributed by atoms with Crippen LogP contribution in [0.4, 0.5) is 0 Å². The Labute approximate surface area is 125 Å². The van der Waals surface area contributed by atoms with Crippen LogP contribution in [0.2, 0.25) is 0 Å². The highest BCUT2D eigenvalue weighted by molar-refractivity contribution is 5.88. The second-order valence-corrected chi connectivity index (χ2v) is 5.59. The number of unbranched alkanes of at least 4 members (excludes halogenated alkanes) is 3. The largest absolute Gasteiger partial charge is 0.458 e. The summed E-state index contributed by atoms with van der Waals surface area (Å²) in [5, 5.41) is 2.72. The lowest BCUT2D eigenvalue weighted by molar-refractivity contribution is -0.176. The van der Waals surface area contributed by atoms with E-state index >= 15 is 0 Å². The van der Waals surface area contributed by atoms with Crippen molar-refractivity contribution in [1.29, 1.82) is 0 Å². The van der Waals surface area contributed by atoms with Crippen LogP contribution in [0.15, 0.2) is 30.3 Å². The molecule has 1 N–H and O–H groups in total. The Hall–Kier alpha value is -1.84. The van der Waals surface area contributed by atoms with Crippen LogP contribution < -0.4 is 5.32 Å². The lowest BCUT2D eigenvalue weighted by Crippen LogP contribution is -2.58. The van der Waals surface area contributed by atoms with Gasteiger partial charge in [-0.05, 0) is 31.7 Å². The molecule has 1 fully saturated rings. The van der Waals surface area contributed by atoms with E-state index in [1.165, 1.54) is 5.56 Å². The van der Waals surface area contributed by atoms with Crippen LogP contribution >= 0.6 is 0 Å². The summed E-state index contributed by atoms with van der Waals surface area (Å²) in [6.07, 6.45) is 5.59. The minimum Gasteiger partial charge on any atom is -0.458 e. The first-order valence-corrected chi connectivity index (χ1v) is 7.70. The summed E-state index contributed by atoms with van der Waals surface area (Å²) >= 11 is 0. The van der Waals surface area contributed by atoms with Crippen molar-refractivity contribution in [1.82, 2.24) is 5.32 Å². The van der Waals surface area contributed by atoms with Gasteiger partial charge in [0, 0.05) is 6.42 Å². The predicted molar refractivity (Wildman–Crippen MR) is 80.7 cm³/mol. The van der Waals surface area contributed by atoms with Gasteiger partial charge >= 0.3 is 5.97 Å². The minimum absolute atomic E-state index is 0.0495. The molecule has 4 heteroatoms. The van der Waals surface area contributed by atoms with E-state index in [0.29, 0.717) is 6.42 Å². The third kappa shape index (κ3) is 4.88. The Kier molecular flexibility index (Phi) is 5.78. The number of carbonyl (C=O) groups excluding carboxylic acids is 2. The Balaban J connectivity index is 1.50. The maximum atomic E-state index is 11.7. The summed E-state index contributed by atoms with van der Waals surface area (Å²) in [6, 6.07) is 10.0. The number of benzene rings is 1. The molecule has 0 radical (unpaired) electrons. The van der Waals surface area contributed by atoms with E-state index in [9.17, 15) is 9.59 Å². The number of nitrogens with one attached hydrogen (secondary N) is 1. The second-order valence-electron chi connectivity index (χ2n) is 5.59. The lowest BCUT2D eigenvalue weighted by Gasteiger charge is -2.32. The van der Waals surface area contributed by atoms with Crippen LogP contribution in [0.1, 0.15) is 44.6 Å². The Morgan fingerprint density at radius 2 is 1.86 bits per heavy atom. The van der Waals surface area contributed by atoms with E-state index in [0.717, 1.165) is 32.1 Å². The molecule has 21 heavy (non-hydrogen) atoms. The number of esters is 1. The molecule has 1 saturated heterocycles. The van der Waals surface area contributed by atoms with Gasteiger partial charge in [0.2, 0.25) is 5.91 Å². The summed E-state index contributed by atoms with van der Waals surface area (Å²) in [4.78, 5) is 22.8. The van der Waals surface area contributed by atoms with Gasteiger partial charge in [0.25, 0.3) is 0 Å². The Morgan fingerprint density at radius 3 is 2.52 bits per heavy atom. The molecule has 1 amide bonds. The number of carbonyl (C=O) groups is 2. The molecular formula is C17H23NO3. The molecule has 1 aromatic rings. The number of rotatable bonds is 8. The maximum absolute atomic E-state index is 11.7. The van der Waals surface area contributed by atoms with E-state index in [2.05, 4.69) is 29.6 Å². The van der Waals surface area contributed by atoms with Gasteiger partial charge in [0.05, 0.1) is 0 Å². The van der Waals surface area contributed by atoms with Crippen LogP contribution in [-0.2, 0) is 20.7 Å². The van der Waals surface area contributed by atoms with Crippen LogP contribution in [0.25, 0.3) is 0 Å². The van der Waals surface area contributed by atoms with Crippen molar-refractivity contribution in [3.05, 3.63) is 35.9 Å². The number of amides is 1. The van der Waals surface area contributed by atoms with Crippen molar-refractivity contribution in [3.8, 4) is 0 Å². The van der Waals surface area contributed by atoms with Gasteiger partial charge in [-0.2, -0.15) is 0 Å². The zero-order chi connectivity index (χ0) is 15.1. The molecule has 4 nitrogen and oxygen atoms in total. The minimum atomic E-state index is -0.435. The lowest BCUT2D eigenvalue weighted by atomic mass is 10.0. The topological polar surface area (TPSA) is 55.4 Å². The first-order valence-electron chi connectivity index (χ1n) is 7.70. The highest BCUT2D eigenvalue weighted by Gasteiger charge is 2.39. The number of cyclic esters (lactones) is 1. The molecule has 0 spiro atoms. The standard InChI is InChI=1S/C17H23NO3/c1-13-16(17(20)21-13)18-15(19)12-8-3-2-5-9-14-10-6-4-7-11-14/h4,6-7,10-11,13,16H,2-3,5,8-9,12H2,1H3,(H,18,19)/t13-,16-/m0/s1. The molecule has 0 aromatic heterocycles. The highest BCUT2D eigenvalue weighted by atomic mass is 16.6. The van der Waals surface area contributed by atoms with Gasteiger partial charge in [-0.15, -0.1) is 0 Å². The number of aryl methyl sites for hydroxylation is 1. The Bertz CT molecular complexity index is 472. The normalized spacial score (nSPS) is 20.5. The van der Waals surface area contributed by atoms with Gasteiger partial charge in [-0.3, -0.25) is 4.79 Å². The summed E-state index contributed by atoms with van der Waals surface area (Å²) < 4.78 is 4.80. The van der Waals surface area contributed by atoms with Gasteiger partial charge in [0.15, 0.2) is 6.04 Å². The molecule has 0 unspecified atom stereocenters. The van der Waals surface area contributed by atoms with E-state index in [1.54, 1.807) is 6.92 Å². The summed E-state index contributed by atoms with van der Waals surface area (Å²) in [5.74, 6) is -0.370. The van der Waals surface area contributed by atoms with Crippen molar-refractivity contribution < 1.29 is 14.3 Å². The van der Waals surface area contributed by atoms with Crippen molar-refractivity contribution >= 4 is 11.9 Å². The molecule has 0 aliphatic carbocycles. The van der Waals surface area contributed by atoms with E-state index in [4.69, 9.17) is 4.74 Å². The number of hydrogen-bond acceptors (Lipinski definition) is 3. The number of hydrogen-bond donors (Lipinski definition) is 1. The summed E-state index contributed by atoms with van der Waals surface area (Å²) in [6.45, 7) is 1.79. The number of ether oxygens (including phenoxy) is 1. The van der Waals surface area contributed by atoms with Crippen molar-refractivity contribution in [2.45, 2.75) is 57.6 Å². The molecule has 0 saturated carbocycles. The zero-order valence-electron chi connectivity index (χ0n) is 12.5. The molecule has 0 bridgehead atoms. The third-order valence-corrected chi connectivity index (χ3v) is 3.80. The van der Waals surface area contributed by atoms with Crippen LogP contribution in [0.5, 0.6) is 0 Å². The molecule has 1 aliphatic heterocycles. The predicted octanol–water partition coefficient (Wildman–Crippen LogP) is 2.61. The van der Waals surface area contributed by atoms with Gasteiger partial charge < -0.3 is 10.1 Å². The molecule has 1 aliphatic rings. The van der Waals surface area contributed by atoms with Crippen molar-refractivity contribution in [2.24, 2.45) is 0 Å². The second kappa shape index (κ2) is 7.81. The van der Waals surface area contributed by atoms with Crippen molar-refractivity contribution in [3.63, 3.8) is 0 Å². The molecule has 1 aromatic carbocycles. The maximum Gasteiger partial charge on any atom is 0.332 e. The first-order chi connectivity index (χ1) is 10.2. The van der Waals surface area contributed by atoms with E-state index in [-0.39, 0.29) is 18.0 Å². The molecule has 2 rings (SSSR count). The first kappa shape index (κ1) is 15.5. The fourth-order valence-electron chi connectivity index (χ4n) is 2.48. The van der Waals surface area contributed by atoms with Crippen molar-refractivity contribution in [2.75, 3.05) is 0 Å².